The summed E-state index contributed by atoms with van der Waals surface area (Å²) in [5, 5.41) is 4.30. The van der Waals surface area contributed by atoms with Gasteiger partial charge in [-0.25, -0.2) is 9.78 Å². The van der Waals surface area contributed by atoms with E-state index in [1.165, 1.54) is 11.1 Å². The Bertz CT molecular complexity index is 1440. The summed E-state index contributed by atoms with van der Waals surface area (Å²) >= 11 is 19.2. The molecule has 2 aromatic carbocycles. The summed E-state index contributed by atoms with van der Waals surface area (Å²) in [5.74, 6) is 0.0139. The summed E-state index contributed by atoms with van der Waals surface area (Å²) in [4.78, 5) is 39.3. The molecular formula is C27H27Cl3N6O4. The molecule has 1 saturated heterocycles. The van der Waals surface area contributed by atoms with Crippen molar-refractivity contribution in [2.75, 3.05) is 48.0 Å². The first kappa shape index (κ1) is 28.1. The molecule has 0 unspecified atom stereocenters. The second-order valence-corrected chi connectivity index (χ2v) is 11.5. The third-order valence-electron chi connectivity index (χ3n) is 6.24. The van der Waals surface area contributed by atoms with E-state index in [0.29, 0.717) is 52.6 Å². The quantitative estimate of drug-likeness (QED) is 0.373. The van der Waals surface area contributed by atoms with Gasteiger partial charge in [0.2, 0.25) is 11.8 Å². The molecule has 0 aliphatic carbocycles. The molecule has 40 heavy (non-hydrogen) atoms. The van der Waals surface area contributed by atoms with Gasteiger partial charge in [0, 0.05) is 38.1 Å². The summed E-state index contributed by atoms with van der Waals surface area (Å²) in [6, 6.07) is 10.5. The van der Waals surface area contributed by atoms with Crippen LogP contribution in [0.15, 0.2) is 42.6 Å². The van der Waals surface area contributed by atoms with E-state index in [0.717, 1.165) is 5.69 Å². The largest absolute Gasteiger partial charge is 0.455 e. The van der Waals surface area contributed by atoms with Gasteiger partial charge in [-0.3, -0.25) is 9.69 Å². The highest BCUT2D eigenvalue weighted by Crippen LogP contribution is 2.37. The molecule has 0 atom stereocenters. The van der Waals surface area contributed by atoms with Crippen molar-refractivity contribution in [1.82, 2.24) is 14.9 Å². The number of carbonyl (C=O) groups excluding carboxylic acids is 2. The van der Waals surface area contributed by atoms with Crippen LogP contribution < -0.4 is 19.9 Å². The molecule has 10 nitrogen and oxygen atoms in total. The number of halogens is 3. The van der Waals surface area contributed by atoms with Crippen molar-refractivity contribution in [2.45, 2.75) is 26.4 Å². The highest BCUT2D eigenvalue weighted by molar-refractivity contribution is 6.40. The number of benzene rings is 2. The fraction of sp³-hybridized carbons (Fsp3) is 0.333. The van der Waals surface area contributed by atoms with Crippen molar-refractivity contribution in [3.8, 4) is 5.88 Å². The molecule has 5 rings (SSSR count). The van der Waals surface area contributed by atoms with Gasteiger partial charge >= 0.3 is 6.09 Å². The van der Waals surface area contributed by atoms with Crippen molar-refractivity contribution in [3.05, 3.63) is 63.2 Å². The molecule has 2 aliphatic heterocycles. The Morgan fingerprint density at radius 3 is 2.38 bits per heavy atom. The minimum atomic E-state index is -0.533. The van der Waals surface area contributed by atoms with Crippen LogP contribution in [0.1, 0.15) is 31.1 Å². The highest BCUT2D eigenvalue weighted by Gasteiger charge is 2.31. The van der Waals surface area contributed by atoms with Crippen LogP contribution in [0, 0.1) is 0 Å². The van der Waals surface area contributed by atoms with Crippen LogP contribution in [-0.2, 0) is 4.74 Å². The van der Waals surface area contributed by atoms with E-state index < -0.39 is 5.60 Å². The van der Waals surface area contributed by atoms with Gasteiger partial charge in [-0.1, -0.05) is 40.9 Å². The number of amides is 2. The van der Waals surface area contributed by atoms with Gasteiger partial charge < -0.3 is 24.6 Å². The van der Waals surface area contributed by atoms with Crippen molar-refractivity contribution < 1.29 is 19.1 Å². The predicted molar refractivity (Wildman–Crippen MR) is 156 cm³/mol. The smallest absolute Gasteiger partial charge is 0.410 e. The van der Waals surface area contributed by atoms with E-state index in [4.69, 9.17) is 44.3 Å². The van der Waals surface area contributed by atoms with Crippen LogP contribution in [-0.4, -0.2) is 65.4 Å². The molecule has 1 N–H and O–H groups in total. The van der Waals surface area contributed by atoms with Crippen molar-refractivity contribution in [3.63, 3.8) is 0 Å². The molecule has 3 aromatic rings. The van der Waals surface area contributed by atoms with Gasteiger partial charge in [0.05, 0.1) is 26.4 Å². The first-order chi connectivity index (χ1) is 19.0. The molecule has 2 aliphatic rings. The van der Waals surface area contributed by atoms with Gasteiger partial charge in [0.25, 0.3) is 5.91 Å². The number of piperazine rings is 1. The maximum Gasteiger partial charge on any atom is 0.410 e. The Hall–Kier alpha value is -3.47. The lowest BCUT2D eigenvalue weighted by Gasteiger charge is -2.37. The van der Waals surface area contributed by atoms with Crippen molar-refractivity contribution >= 4 is 69.8 Å². The highest BCUT2D eigenvalue weighted by atomic mass is 35.5. The Morgan fingerprint density at radius 1 is 1.02 bits per heavy atom. The second-order valence-electron chi connectivity index (χ2n) is 10.2. The zero-order valence-corrected chi connectivity index (χ0v) is 24.3. The van der Waals surface area contributed by atoms with Crippen molar-refractivity contribution in [2.24, 2.45) is 0 Å². The molecule has 0 spiro atoms. The average Bonchev–Trinajstić information content (AvgIpc) is 2.89. The van der Waals surface area contributed by atoms with Crippen molar-refractivity contribution in [1.29, 1.82) is 0 Å². The number of nitrogens with one attached hydrogen (secondary N) is 1. The lowest BCUT2D eigenvalue weighted by Crippen LogP contribution is -2.50. The number of aromatic nitrogens is 2. The minimum absolute atomic E-state index is 0.104. The standard InChI is InChI=1S/C27H27Cl3N6O4/c1-27(2,3)40-26(38)35-11-9-34(10-12-35)21-8-7-16(13-20(21)30)32-25-31-14-17-23(33-25)39-15-36(24(17)37)22-18(28)5-4-6-19(22)29/h4-8,13-14H,9-12,15H2,1-3H3,(H,31,32,33). The second kappa shape index (κ2) is 11.2. The first-order valence-electron chi connectivity index (χ1n) is 12.6. The molecule has 3 heterocycles. The van der Waals surface area contributed by atoms with Crippen LogP contribution in [0.3, 0.4) is 0 Å². The van der Waals surface area contributed by atoms with Crippen LogP contribution in [0.2, 0.25) is 15.1 Å². The maximum absolute atomic E-state index is 13.1. The molecule has 210 valence electrons. The SMILES string of the molecule is CC(C)(C)OC(=O)N1CCN(c2ccc(Nc3ncc4c(n3)OCN(c3c(Cl)cccc3Cl)C4=O)cc2Cl)CC1. The van der Waals surface area contributed by atoms with E-state index in [-0.39, 0.29) is 36.1 Å². The zero-order chi connectivity index (χ0) is 28.6. The number of hydrogen-bond acceptors (Lipinski definition) is 8. The Kier molecular flexibility index (Phi) is 7.85. The lowest BCUT2D eigenvalue weighted by atomic mass is 10.2. The molecular weight excluding hydrogens is 579 g/mol. The summed E-state index contributed by atoms with van der Waals surface area (Å²) in [5.41, 5.74) is 1.54. The van der Waals surface area contributed by atoms with Gasteiger partial charge in [-0.05, 0) is 51.1 Å². The Balaban J connectivity index is 1.24. The maximum atomic E-state index is 13.1. The number of fused-ring (bicyclic) bond motifs is 1. The molecule has 0 radical (unpaired) electrons. The van der Waals surface area contributed by atoms with E-state index in [2.05, 4.69) is 20.2 Å². The summed E-state index contributed by atoms with van der Waals surface area (Å²) in [6.07, 6.45) is 1.08. The number of nitrogens with zero attached hydrogens (tertiary/aromatic N) is 5. The normalized spacial score (nSPS) is 15.4. The Labute approximate surface area is 246 Å². The van der Waals surface area contributed by atoms with Gasteiger partial charge in [0.1, 0.15) is 11.2 Å². The van der Waals surface area contributed by atoms with E-state index in [9.17, 15) is 9.59 Å². The minimum Gasteiger partial charge on any atom is -0.455 e. The average molecular weight is 606 g/mol. The fourth-order valence-corrected chi connectivity index (χ4v) is 5.25. The van der Waals surface area contributed by atoms with Crippen LogP contribution in [0.4, 0.5) is 27.8 Å². The van der Waals surface area contributed by atoms with Crippen LogP contribution in [0.5, 0.6) is 5.88 Å². The number of rotatable bonds is 4. The molecule has 1 fully saturated rings. The topological polar surface area (TPSA) is 100 Å². The van der Waals surface area contributed by atoms with E-state index in [1.807, 2.05) is 32.9 Å². The monoisotopic (exact) mass is 604 g/mol. The lowest BCUT2D eigenvalue weighted by molar-refractivity contribution is 0.0240. The molecule has 0 saturated carbocycles. The molecule has 2 amide bonds. The number of carbonyl (C=O) groups is 2. The summed E-state index contributed by atoms with van der Waals surface area (Å²) < 4.78 is 11.2. The third-order valence-corrected chi connectivity index (χ3v) is 7.16. The summed E-state index contributed by atoms with van der Waals surface area (Å²) in [7, 11) is 0. The van der Waals surface area contributed by atoms with Gasteiger partial charge in [-0.15, -0.1) is 0 Å². The summed E-state index contributed by atoms with van der Waals surface area (Å²) in [6.45, 7) is 7.77. The van der Waals surface area contributed by atoms with Gasteiger partial charge in [0.15, 0.2) is 6.73 Å². The molecule has 0 bridgehead atoms. The number of anilines is 4. The first-order valence-corrected chi connectivity index (χ1v) is 13.7. The van der Waals surface area contributed by atoms with Crippen LogP contribution in [0.25, 0.3) is 0 Å². The predicted octanol–water partition coefficient (Wildman–Crippen LogP) is 6.23. The number of ether oxygens (including phenoxy) is 2. The van der Waals surface area contributed by atoms with E-state index in [1.54, 1.807) is 29.2 Å². The zero-order valence-electron chi connectivity index (χ0n) is 22.1. The van der Waals surface area contributed by atoms with Crippen LogP contribution >= 0.6 is 34.8 Å². The number of para-hydroxylation sites is 1. The van der Waals surface area contributed by atoms with E-state index >= 15 is 0 Å². The Morgan fingerprint density at radius 2 is 1.73 bits per heavy atom. The molecule has 1 aromatic heterocycles. The molecule has 13 heteroatoms. The van der Waals surface area contributed by atoms with Gasteiger partial charge in [-0.2, -0.15) is 4.98 Å². The fourth-order valence-electron chi connectivity index (χ4n) is 4.35. The number of hydrogen-bond donors (Lipinski definition) is 1. The third kappa shape index (κ3) is 5.99.